The summed E-state index contributed by atoms with van der Waals surface area (Å²) < 4.78 is 1.93. The van der Waals surface area contributed by atoms with Gasteiger partial charge in [-0.1, -0.05) is 0 Å². The van der Waals surface area contributed by atoms with Gasteiger partial charge in [0, 0.05) is 25.3 Å². The van der Waals surface area contributed by atoms with Crippen molar-refractivity contribution in [3.05, 3.63) is 17.5 Å². The van der Waals surface area contributed by atoms with E-state index in [0.29, 0.717) is 18.4 Å². The first-order valence-electron chi connectivity index (χ1n) is 4.33. The highest BCUT2D eigenvalue weighted by Crippen LogP contribution is 2.47. The molecule has 1 aliphatic carbocycles. The van der Waals surface area contributed by atoms with Gasteiger partial charge in [-0.05, 0) is 24.8 Å². The molecule has 1 saturated carbocycles. The average Bonchev–Trinajstić information content (AvgIpc) is 2.74. The lowest BCUT2D eigenvalue weighted by Crippen LogP contribution is -1.99. The molecule has 1 aromatic rings. The number of aryl methyl sites for hydroxylation is 2. The van der Waals surface area contributed by atoms with Gasteiger partial charge >= 0.3 is 0 Å². The average molecular weight is 166 g/mol. The lowest BCUT2D eigenvalue weighted by atomic mass is 10.2. The van der Waals surface area contributed by atoms with Crippen LogP contribution in [0.15, 0.2) is 6.20 Å². The smallest absolute Gasteiger partial charge is 0.0521 e. The van der Waals surface area contributed by atoms with Gasteiger partial charge < -0.3 is 5.11 Å². The van der Waals surface area contributed by atoms with Crippen molar-refractivity contribution in [2.24, 2.45) is 13.0 Å². The van der Waals surface area contributed by atoms with Crippen LogP contribution in [-0.4, -0.2) is 21.5 Å². The van der Waals surface area contributed by atoms with Crippen LogP contribution in [-0.2, 0) is 7.05 Å². The molecule has 12 heavy (non-hydrogen) atoms. The van der Waals surface area contributed by atoms with E-state index in [-0.39, 0.29) is 0 Å². The molecule has 0 bridgehead atoms. The lowest BCUT2D eigenvalue weighted by Gasteiger charge is -2.01. The van der Waals surface area contributed by atoms with E-state index in [4.69, 9.17) is 5.11 Å². The summed E-state index contributed by atoms with van der Waals surface area (Å²) in [5, 5.41) is 13.1. The monoisotopic (exact) mass is 166 g/mol. The molecule has 0 amide bonds. The van der Waals surface area contributed by atoms with Gasteiger partial charge in [0.2, 0.25) is 0 Å². The van der Waals surface area contributed by atoms with Gasteiger partial charge in [0.1, 0.15) is 0 Å². The fourth-order valence-corrected chi connectivity index (χ4v) is 1.87. The Morgan fingerprint density at radius 3 is 2.92 bits per heavy atom. The van der Waals surface area contributed by atoms with Crippen molar-refractivity contribution in [3.8, 4) is 0 Å². The van der Waals surface area contributed by atoms with Crippen LogP contribution in [0.1, 0.15) is 23.6 Å². The zero-order valence-corrected chi connectivity index (χ0v) is 7.49. The van der Waals surface area contributed by atoms with Crippen LogP contribution >= 0.6 is 0 Å². The Kier molecular flexibility index (Phi) is 1.68. The van der Waals surface area contributed by atoms with Crippen molar-refractivity contribution < 1.29 is 5.11 Å². The molecule has 1 aromatic heterocycles. The molecule has 0 radical (unpaired) electrons. The Morgan fingerprint density at radius 2 is 2.50 bits per heavy atom. The molecule has 2 unspecified atom stereocenters. The van der Waals surface area contributed by atoms with Crippen LogP contribution in [0, 0.1) is 12.8 Å². The normalized spacial score (nSPS) is 27.6. The first-order valence-corrected chi connectivity index (χ1v) is 4.33. The molecule has 66 valence electrons. The maximum atomic E-state index is 8.93. The summed E-state index contributed by atoms with van der Waals surface area (Å²) in [6.45, 7) is 2.39. The molecule has 0 saturated heterocycles. The lowest BCUT2D eigenvalue weighted by molar-refractivity contribution is 0.273. The van der Waals surface area contributed by atoms with Gasteiger partial charge in [-0.15, -0.1) is 0 Å². The number of aromatic nitrogens is 2. The Bertz CT molecular complexity index is 273. The highest BCUT2D eigenvalue weighted by Gasteiger charge is 2.40. The summed E-state index contributed by atoms with van der Waals surface area (Å²) in [7, 11) is 1.97. The van der Waals surface area contributed by atoms with Crippen LogP contribution < -0.4 is 0 Å². The Labute approximate surface area is 72.0 Å². The van der Waals surface area contributed by atoms with Crippen LogP contribution in [0.25, 0.3) is 0 Å². The van der Waals surface area contributed by atoms with E-state index in [2.05, 4.69) is 12.0 Å². The van der Waals surface area contributed by atoms with Crippen molar-refractivity contribution >= 4 is 0 Å². The zero-order valence-electron chi connectivity index (χ0n) is 7.49. The highest BCUT2D eigenvalue weighted by atomic mass is 16.3. The molecule has 0 aromatic carbocycles. The maximum absolute atomic E-state index is 8.93. The van der Waals surface area contributed by atoms with E-state index in [1.807, 2.05) is 17.9 Å². The minimum Gasteiger partial charge on any atom is -0.396 e. The molecule has 1 heterocycles. The van der Waals surface area contributed by atoms with Crippen LogP contribution in [0.3, 0.4) is 0 Å². The van der Waals surface area contributed by atoms with Crippen LogP contribution in [0.2, 0.25) is 0 Å². The maximum Gasteiger partial charge on any atom is 0.0521 e. The number of nitrogens with zero attached hydrogens (tertiary/aromatic N) is 2. The molecule has 2 rings (SSSR count). The third-order valence-electron chi connectivity index (χ3n) is 2.69. The number of hydrogen-bond donors (Lipinski definition) is 1. The summed E-state index contributed by atoms with van der Waals surface area (Å²) >= 11 is 0. The van der Waals surface area contributed by atoms with Crippen molar-refractivity contribution in [1.29, 1.82) is 0 Å². The molecular weight excluding hydrogens is 152 g/mol. The third kappa shape index (κ3) is 1.05. The number of rotatable bonds is 2. The topological polar surface area (TPSA) is 38.0 Å². The zero-order chi connectivity index (χ0) is 8.72. The van der Waals surface area contributed by atoms with Crippen molar-refractivity contribution in [2.75, 3.05) is 6.61 Å². The van der Waals surface area contributed by atoms with E-state index in [0.717, 1.165) is 6.42 Å². The number of hydrogen-bond acceptors (Lipinski definition) is 2. The van der Waals surface area contributed by atoms with Crippen molar-refractivity contribution in [3.63, 3.8) is 0 Å². The second-order valence-electron chi connectivity index (χ2n) is 3.62. The standard InChI is InChI=1S/C9H14N2O/c1-6-4-10-11(2)9(6)8-3-7(8)5-12/h4,7-8,12H,3,5H2,1-2H3. The number of aliphatic hydroxyl groups is 1. The first kappa shape index (κ1) is 7.80. The van der Waals surface area contributed by atoms with Crippen molar-refractivity contribution in [2.45, 2.75) is 19.3 Å². The van der Waals surface area contributed by atoms with Gasteiger partial charge in [-0.2, -0.15) is 5.10 Å². The van der Waals surface area contributed by atoms with E-state index in [9.17, 15) is 0 Å². The second kappa shape index (κ2) is 2.59. The van der Waals surface area contributed by atoms with E-state index in [1.165, 1.54) is 11.3 Å². The molecule has 3 nitrogen and oxygen atoms in total. The fourth-order valence-electron chi connectivity index (χ4n) is 1.87. The molecule has 3 heteroatoms. The van der Waals surface area contributed by atoms with Gasteiger partial charge in [0.25, 0.3) is 0 Å². The molecule has 0 aliphatic heterocycles. The minimum atomic E-state index is 0.315. The molecule has 1 fully saturated rings. The highest BCUT2D eigenvalue weighted by molar-refractivity contribution is 5.25. The van der Waals surface area contributed by atoms with Gasteiger partial charge in [0.15, 0.2) is 0 Å². The summed E-state index contributed by atoms with van der Waals surface area (Å²) in [6, 6.07) is 0. The van der Waals surface area contributed by atoms with E-state index < -0.39 is 0 Å². The van der Waals surface area contributed by atoms with Crippen LogP contribution in [0.4, 0.5) is 0 Å². The Hall–Kier alpha value is -0.830. The summed E-state index contributed by atoms with van der Waals surface area (Å²) in [4.78, 5) is 0. The van der Waals surface area contributed by atoms with Gasteiger partial charge in [-0.25, -0.2) is 0 Å². The van der Waals surface area contributed by atoms with Gasteiger partial charge in [0.05, 0.1) is 6.20 Å². The predicted molar refractivity (Wildman–Crippen MR) is 45.9 cm³/mol. The minimum absolute atomic E-state index is 0.315. The molecule has 1 N–H and O–H groups in total. The van der Waals surface area contributed by atoms with E-state index in [1.54, 1.807) is 0 Å². The molecule has 0 spiro atoms. The Morgan fingerprint density at radius 1 is 1.75 bits per heavy atom. The quantitative estimate of drug-likeness (QED) is 0.706. The summed E-state index contributed by atoms with van der Waals surface area (Å²) in [5.41, 5.74) is 2.55. The van der Waals surface area contributed by atoms with Crippen LogP contribution in [0.5, 0.6) is 0 Å². The fraction of sp³-hybridized carbons (Fsp3) is 0.667. The Balaban J connectivity index is 2.23. The van der Waals surface area contributed by atoms with Gasteiger partial charge in [-0.3, -0.25) is 4.68 Å². The largest absolute Gasteiger partial charge is 0.396 e. The van der Waals surface area contributed by atoms with Crippen molar-refractivity contribution in [1.82, 2.24) is 9.78 Å². The summed E-state index contributed by atoms with van der Waals surface area (Å²) in [6.07, 6.45) is 3.01. The SMILES string of the molecule is Cc1cnn(C)c1C1CC1CO. The summed E-state index contributed by atoms with van der Waals surface area (Å²) in [5.74, 6) is 1.04. The first-order chi connectivity index (χ1) is 5.74. The second-order valence-corrected chi connectivity index (χ2v) is 3.62. The number of aliphatic hydroxyl groups excluding tert-OH is 1. The third-order valence-corrected chi connectivity index (χ3v) is 2.69. The predicted octanol–water partition coefficient (Wildman–Crippen LogP) is 0.824. The molecule has 1 aliphatic rings. The molecular formula is C9H14N2O. The van der Waals surface area contributed by atoms with E-state index >= 15 is 0 Å². The molecule has 2 atom stereocenters.